The predicted octanol–water partition coefficient (Wildman–Crippen LogP) is 4.52. The fourth-order valence-electron chi connectivity index (χ4n) is 1.52. The zero-order valence-corrected chi connectivity index (χ0v) is 14.0. The van der Waals surface area contributed by atoms with E-state index < -0.39 is 5.97 Å². The second kappa shape index (κ2) is 7.11. The molecular formula is C14H10BrCl2NO3. The molecule has 0 atom stereocenters. The molecule has 7 heteroatoms. The van der Waals surface area contributed by atoms with Crippen LogP contribution in [0.2, 0.25) is 10.0 Å². The molecule has 2 rings (SSSR count). The normalized spacial score (nSPS) is 10.3. The Kier molecular flexibility index (Phi) is 5.45. The third-order valence-corrected chi connectivity index (χ3v) is 4.09. The van der Waals surface area contributed by atoms with Crippen molar-refractivity contribution in [2.24, 2.45) is 0 Å². The lowest BCUT2D eigenvalue weighted by Gasteiger charge is -2.09. The maximum absolute atomic E-state index is 11.3. The van der Waals surface area contributed by atoms with Gasteiger partial charge in [-0.15, -0.1) is 0 Å². The highest BCUT2D eigenvalue weighted by Crippen LogP contribution is 2.34. The number of esters is 1. The summed E-state index contributed by atoms with van der Waals surface area (Å²) >= 11 is 15.3. The molecule has 110 valence electrons. The Morgan fingerprint density at radius 2 is 2.05 bits per heavy atom. The fourth-order valence-corrected chi connectivity index (χ4v) is 2.36. The van der Waals surface area contributed by atoms with Crippen molar-refractivity contribution < 1.29 is 14.3 Å². The van der Waals surface area contributed by atoms with Crippen LogP contribution < -0.4 is 4.74 Å². The highest BCUT2D eigenvalue weighted by Gasteiger charge is 2.09. The first-order chi connectivity index (χ1) is 10.0. The Labute approximate surface area is 140 Å². The summed E-state index contributed by atoms with van der Waals surface area (Å²) in [5.74, 6) is 0.0291. The van der Waals surface area contributed by atoms with Crippen LogP contribution in [0.15, 0.2) is 34.9 Å². The molecule has 0 saturated heterocycles. The summed E-state index contributed by atoms with van der Waals surface area (Å²) < 4.78 is 10.9. The number of benzene rings is 1. The lowest BCUT2D eigenvalue weighted by Crippen LogP contribution is -2.04. The van der Waals surface area contributed by atoms with Gasteiger partial charge in [0, 0.05) is 16.7 Å². The molecule has 0 N–H and O–H groups in total. The molecule has 0 amide bonds. The van der Waals surface area contributed by atoms with E-state index in [1.807, 2.05) is 0 Å². The summed E-state index contributed by atoms with van der Waals surface area (Å²) in [7, 11) is 1.32. The number of hydrogen-bond acceptors (Lipinski definition) is 4. The molecule has 0 unspecified atom stereocenters. The van der Waals surface area contributed by atoms with Gasteiger partial charge in [0.05, 0.1) is 28.4 Å². The Morgan fingerprint density at radius 3 is 2.67 bits per heavy atom. The van der Waals surface area contributed by atoms with Gasteiger partial charge >= 0.3 is 5.97 Å². The standard InChI is InChI=1S/C14H10BrCl2NO3/c1-20-14(19)8-2-3-9(18-6-8)7-21-13-5-11(16)10(15)4-12(13)17/h2-6H,7H2,1H3. The number of methoxy groups -OCH3 is 1. The van der Waals surface area contributed by atoms with Crippen LogP contribution in [-0.2, 0) is 11.3 Å². The lowest BCUT2D eigenvalue weighted by atomic mass is 10.2. The van der Waals surface area contributed by atoms with Crippen molar-refractivity contribution in [1.82, 2.24) is 4.98 Å². The van der Waals surface area contributed by atoms with Crippen molar-refractivity contribution in [2.45, 2.75) is 6.61 Å². The van der Waals surface area contributed by atoms with E-state index >= 15 is 0 Å². The van der Waals surface area contributed by atoms with Crippen LogP contribution in [0, 0.1) is 0 Å². The summed E-state index contributed by atoms with van der Waals surface area (Å²) in [4.78, 5) is 15.4. The number of carbonyl (C=O) groups excluding carboxylic acids is 1. The largest absolute Gasteiger partial charge is 0.486 e. The number of nitrogens with zero attached hydrogens (tertiary/aromatic N) is 1. The molecule has 0 aliphatic carbocycles. The zero-order chi connectivity index (χ0) is 15.4. The third kappa shape index (κ3) is 4.09. The van der Waals surface area contributed by atoms with Crippen molar-refractivity contribution in [3.05, 3.63) is 56.2 Å². The zero-order valence-electron chi connectivity index (χ0n) is 10.9. The summed E-state index contributed by atoms with van der Waals surface area (Å²) in [5.41, 5.74) is 1.03. The topological polar surface area (TPSA) is 48.4 Å². The molecule has 0 saturated carbocycles. The minimum atomic E-state index is -0.433. The van der Waals surface area contributed by atoms with E-state index in [4.69, 9.17) is 27.9 Å². The molecule has 0 spiro atoms. The van der Waals surface area contributed by atoms with E-state index in [1.54, 1.807) is 24.3 Å². The maximum Gasteiger partial charge on any atom is 0.339 e. The summed E-state index contributed by atoms with van der Waals surface area (Å²) in [6.45, 7) is 0.207. The Hall–Kier alpha value is -1.30. The first kappa shape index (κ1) is 16.1. The van der Waals surface area contributed by atoms with Gasteiger partial charge < -0.3 is 9.47 Å². The van der Waals surface area contributed by atoms with Gasteiger partial charge in [0.25, 0.3) is 0 Å². The van der Waals surface area contributed by atoms with Crippen molar-refractivity contribution in [2.75, 3.05) is 7.11 Å². The number of aromatic nitrogens is 1. The molecule has 0 bridgehead atoms. The van der Waals surface area contributed by atoms with Crippen molar-refractivity contribution in [3.8, 4) is 5.75 Å². The first-order valence-electron chi connectivity index (χ1n) is 5.82. The highest BCUT2D eigenvalue weighted by molar-refractivity contribution is 9.10. The molecule has 1 heterocycles. The predicted molar refractivity (Wildman–Crippen MR) is 84.1 cm³/mol. The van der Waals surface area contributed by atoms with Crippen molar-refractivity contribution >= 4 is 45.1 Å². The SMILES string of the molecule is COC(=O)c1ccc(COc2cc(Cl)c(Br)cc2Cl)nc1. The van der Waals surface area contributed by atoms with Crippen molar-refractivity contribution in [3.63, 3.8) is 0 Å². The smallest absolute Gasteiger partial charge is 0.339 e. The van der Waals surface area contributed by atoms with Crippen LogP contribution in [0.4, 0.5) is 0 Å². The van der Waals surface area contributed by atoms with Gasteiger partial charge in [-0.05, 0) is 34.1 Å². The van der Waals surface area contributed by atoms with E-state index in [1.165, 1.54) is 13.3 Å². The van der Waals surface area contributed by atoms with Gasteiger partial charge in [0.1, 0.15) is 12.4 Å². The molecule has 0 aliphatic rings. The number of halogens is 3. The van der Waals surface area contributed by atoms with Crippen LogP contribution in [0.25, 0.3) is 0 Å². The van der Waals surface area contributed by atoms with Gasteiger partial charge in [-0.2, -0.15) is 0 Å². The average molecular weight is 391 g/mol. The van der Waals surface area contributed by atoms with Crippen LogP contribution in [0.1, 0.15) is 16.1 Å². The first-order valence-corrected chi connectivity index (χ1v) is 7.36. The molecule has 0 radical (unpaired) electrons. The van der Waals surface area contributed by atoms with Gasteiger partial charge in [0.15, 0.2) is 0 Å². The molecule has 2 aromatic rings. The summed E-state index contributed by atoms with van der Waals surface area (Å²) in [5, 5.41) is 0.945. The second-order valence-electron chi connectivity index (χ2n) is 4.02. The minimum Gasteiger partial charge on any atom is -0.486 e. The number of pyridine rings is 1. The van der Waals surface area contributed by atoms with Crippen LogP contribution in [-0.4, -0.2) is 18.1 Å². The van der Waals surface area contributed by atoms with Crippen molar-refractivity contribution in [1.29, 1.82) is 0 Å². The van der Waals surface area contributed by atoms with E-state index in [9.17, 15) is 4.79 Å². The molecule has 4 nitrogen and oxygen atoms in total. The minimum absolute atomic E-state index is 0.207. The molecular weight excluding hydrogens is 381 g/mol. The molecule has 1 aromatic carbocycles. The van der Waals surface area contributed by atoms with E-state index in [0.29, 0.717) is 31.5 Å². The van der Waals surface area contributed by atoms with E-state index in [-0.39, 0.29) is 6.61 Å². The molecule has 0 aliphatic heterocycles. The highest BCUT2D eigenvalue weighted by atomic mass is 79.9. The molecule has 1 aromatic heterocycles. The number of carbonyl (C=O) groups is 1. The second-order valence-corrected chi connectivity index (χ2v) is 5.68. The maximum atomic E-state index is 11.3. The van der Waals surface area contributed by atoms with E-state index in [2.05, 4.69) is 25.7 Å². The van der Waals surface area contributed by atoms with Gasteiger partial charge in [-0.25, -0.2) is 4.79 Å². The van der Waals surface area contributed by atoms with Gasteiger partial charge in [-0.3, -0.25) is 4.98 Å². The summed E-state index contributed by atoms with van der Waals surface area (Å²) in [6.07, 6.45) is 1.43. The van der Waals surface area contributed by atoms with Crippen LogP contribution >= 0.6 is 39.1 Å². The molecule has 21 heavy (non-hydrogen) atoms. The molecule has 0 fully saturated rings. The Morgan fingerprint density at radius 1 is 1.29 bits per heavy atom. The van der Waals surface area contributed by atoms with E-state index in [0.717, 1.165) is 0 Å². The Balaban J connectivity index is 2.06. The monoisotopic (exact) mass is 389 g/mol. The summed E-state index contributed by atoms with van der Waals surface area (Å²) in [6, 6.07) is 6.58. The number of hydrogen-bond donors (Lipinski definition) is 0. The fraction of sp³-hybridized carbons (Fsp3) is 0.143. The lowest BCUT2D eigenvalue weighted by molar-refractivity contribution is 0.0600. The van der Waals surface area contributed by atoms with Gasteiger partial charge in [0.2, 0.25) is 0 Å². The Bertz CT molecular complexity index is 662. The van der Waals surface area contributed by atoms with Crippen LogP contribution in [0.5, 0.6) is 5.75 Å². The third-order valence-electron chi connectivity index (χ3n) is 2.60. The average Bonchev–Trinajstić information content (AvgIpc) is 2.49. The van der Waals surface area contributed by atoms with Crippen LogP contribution in [0.3, 0.4) is 0 Å². The van der Waals surface area contributed by atoms with Gasteiger partial charge in [-0.1, -0.05) is 23.2 Å². The number of ether oxygens (including phenoxy) is 2. The quantitative estimate of drug-likeness (QED) is 0.568. The number of rotatable bonds is 4.